The maximum absolute atomic E-state index is 13.3. The maximum Gasteiger partial charge on any atom is 0.256 e. The number of benzene rings is 1. The van der Waals surface area contributed by atoms with Crippen molar-refractivity contribution in [2.45, 2.75) is 18.9 Å². The fourth-order valence-electron chi connectivity index (χ4n) is 4.81. The van der Waals surface area contributed by atoms with Crippen molar-refractivity contribution in [3.63, 3.8) is 0 Å². The van der Waals surface area contributed by atoms with Crippen LogP contribution in [-0.2, 0) is 19.6 Å². The monoisotopic (exact) mass is 531 g/mol. The highest BCUT2D eigenvalue weighted by atomic mass is 35.5. The number of piperazine rings is 1. The molecular formula is C24H26ClN5O5S. The lowest BCUT2D eigenvalue weighted by Crippen LogP contribution is -2.61. The van der Waals surface area contributed by atoms with Gasteiger partial charge in [0.15, 0.2) is 0 Å². The Morgan fingerprint density at radius 3 is 2.53 bits per heavy atom. The van der Waals surface area contributed by atoms with E-state index in [1.807, 2.05) is 12.1 Å². The first-order chi connectivity index (χ1) is 17.4. The summed E-state index contributed by atoms with van der Waals surface area (Å²) in [6.45, 7) is 1.18. The number of hydrogen-bond acceptors (Lipinski definition) is 7. The predicted molar refractivity (Wildman–Crippen MR) is 135 cm³/mol. The third kappa shape index (κ3) is 4.78. The number of carbonyl (C=O) groups excluding carboxylic acids is 2. The second kappa shape index (κ2) is 10.1. The summed E-state index contributed by atoms with van der Waals surface area (Å²) in [4.78, 5) is 31.4. The van der Waals surface area contributed by atoms with E-state index in [-0.39, 0.29) is 37.2 Å². The normalized spacial score (nSPS) is 19.4. The van der Waals surface area contributed by atoms with Gasteiger partial charge in [0.25, 0.3) is 5.91 Å². The van der Waals surface area contributed by atoms with Gasteiger partial charge in [0.1, 0.15) is 12.4 Å². The molecule has 0 saturated carbocycles. The number of anilines is 1. The van der Waals surface area contributed by atoms with Crippen LogP contribution in [0, 0.1) is 0 Å². The molecule has 12 heteroatoms. The van der Waals surface area contributed by atoms with Gasteiger partial charge in [-0.05, 0) is 49.2 Å². The maximum atomic E-state index is 13.3. The van der Waals surface area contributed by atoms with Gasteiger partial charge in [-0.2, -0.15) is 4.31 Å². The van der Waals surface area contributed by atoms with Crippen LogP contribution in [0.2, 0.25) is 5.02 Å². The van der Waals surface area contributed by atoms with Gasteiger partial charge in [-0.15, -0.1) is 0 Å². The van der Waals surface area contributed by atoms with Crippen molar-refractivity contribution in [1.29, 1.82) is 0 Å². The Labute approximate surface area is 214 Å². The molecule has 2 amide bonds. The first-order valence-electron chi connectivity index (χ1n) is 11.7. The molecule has 0 aliphatic carbocycles. The van der Waals surface area contributed by atoms with Crippen molar-refractivity contribution in [2.75, 3.05) is 44.2 Å². The Hall–Kier alpha value is -3.15. The zero-order chi connectivity index (χ0) is 25.3. The minimum Gasteiger partial charge on any atom is -0.487 e. The van der Waals surface area contributed by atoms with E-state index >= 15 is 0 Å². The van der Waals surface area contributed by atoms with Crippen LogP contribution in [0.25, 0.3) is 6.08 Å². The van der Waals surface area contributed by atoms with Gasteiger partial charge in [-0.1, -0.05) is 11.6 Å². The minimum atomic E-state index is -3.92. The molecule has 190 valence electrons. The lowest BCUT2D eigenvalue weighted by Gasteiger charge is -2.44. The van der Waals surface area contributed by atoms with Crippen molar-refractivity contribution < 1.29 is 22.7 Å². The number of carbonyl (C=O) groups is 2. The number of aromatic nitrogens is 1. The summed E-state index contributed by atoms with van der Waals surface area (Å²) < 4.78 is 33.3. The quantitative estimate of drug-likeness (QED) is 0.525. The number of hydrogen-bond donors (Lipinski definition) is 0. The largest absolute Gasteiger partial charge is 0.487 e. The molecule has 2 fully saturated rings. The first kappa shape index (κ1) is 24.5. The first-order valence-corrected chi connectivity index (χ1v) is 13.5. The Morgan fingerprint density at radius 1 is 1.08 bits per heavy atom. The van der Waals surface area contributed by atoms with E-state index in [2.05, 4.69) is 9.88 Å². The number of hydrazine groups is 1. The molecule has 10 nitrogen and oxygen atoms in total. The lowest BCUT2D eigenvalue weighted by molar-refractivity contribution is -0.166. The number of pyridine rings is 1. The molecule has 2 saturated heterocycles. The van der Waals surface area contributed by atoms with E-state index in [1.165, 1.54) is 10.0 Å². The van der Waals surface area contributed by atoms with Crippen LogP contribution in [0.15, 0.2) is 47.6 Å². The third-order valence-corrected chi connectivity index (χ3v) is 8.87. The van der Waals surface area contributed by atoms with Crippen LogP contribution >= 0.6 is 11.6 Å². The van der Waals surface area contributed by atoms with Crippen molar-refractivity contribution in [3.8, 4) is 5.75 Å². The second-order valence-electron chi connectivity index (χ2n) is 8.85. The molecule has 0 N–H and O–H groups in total. The van der Waals surface area contributed by atoms with Crippen LogP contribution in [-0.4, -0.2) is 85.4 Å². The standard InChI is InChI=1S/C24H26ClN5O5S/c25-19-2-1-18-13-22(16-35-23(18)14-19)36(33,34)28-11-12-29(24(32)15-28)30(17-31)21-5-9-27(10-6-21)20-3-7-26-8-4-20/h1-4,7-8,13-14,17,21H,5-6,9-12,15-16H2. The molecule has 1 aromatic heterocycles. The average Bonchev–Trinajstić information content (AvgIpc) is 2.90. The summed E-state index contributed by atoms with van der Waals surface area (Å²) in [7, 11) is -3.92. The number of nitrogens with zero attached hydrogens (tertiary/aromatic N) is 5. The van der Waals surface area contributed by atoms with Crippen LogP contribution < -0.4 is 9.64 Å². The van der Waals surface area contributed by atoms with Gasteiger partial charge < -0.3 is 9.64 Å². The molecule has 3 aliphatic heterocycles. The fraction of sp³-hybridized carbons (Fsp3) is 0.375. The van der Waals surface area contributed by atoms with Crippen LogP contribution in [0.4, 0.5) is 5.69 Å². The Morgan fingerprint density at radius 2 is 1.83 bits per heavy atom. The number of ether oxygens (including phenoxy) is 1. The highest BCUT2D eigenvalue weighted by Gasteiger charge is 2.39. The third-order valence-electron chi connectivity index (χ3n) is 6.75. The van der Waals surface area contributed by atoms with Gasteiger partial charge in [-0.25, -0.2) is 13.4 Å². The molecule has 1 aromatic carbocycles. The molecule has 0 unspecified atom stereocenters. The summed E-state index contributed by atoms with van der Waals surface area (Å²) in [6, 6.07) is 8.74. The number of amides is 2. The van der Waals surface area contributed by atoms with E-state index in [1.54, 1.807) is 36.7 Å². The van der Waals surface area contributed by atoms with Crippen LogP contribution in [0.3, 0.4) is 0 Å². The summed E-state index contributed by atoms with van der Waals surface area (Å²) >= 11 is 5.98. The number of piperidine rings is 1. The van der Waals surface area contributed by atoms with Gasteiger partial charge >= 0.3 is 0 Å². The van der Waals surface area contributed by atoms with Crippen molar-refractivity contribution >= 4 is 45.7 Å². The molecule has 36 heavy (non-hydrogen) atoms. The summed E-state index contributed by atoms with van der Waals surface area (Å²) in [5.74, 6) is 0.0805. The van der Waals surface area contributed by atoms with E-state index in [0.717, 1.165) is 23.1 Å². The highest BCUT2D eigenvalue weighted by molar-refractivity contribution is 7.93. The predicted octanol–water partition coefficient (Wildman–Crippen LogP) is 1.98. The summed E-state index contributed by atoms with van der Waals surface area (Å²) in [6.07, 6.45) is 7.11. The molecule has 4 heterocycles. The Bertz CT molecular complexity index is 1280. The number of sulfonamides is 1. The number of fused-ring (bicyclic) bond motifs is 1. The smallest absolute Gasteiger partial charge is 0.256 e. The molecule has 0 atom stereocenters. The summed E-state index contributed by atoms with van der Waals surface area (Å²) in [5, 5.41) is 3.33. The second-order valence-corrected chi connectivity index (χ2v) is 11.3. The molecular weight excluding hydrogens is 506 g/mol. The van der Waals surface area contributed by atoms with Crippen LogP contribution in [0.1, 0.15) is 18.4 Å². The SMILES string of the molecule is O=CN(C1CCN(c2ccncc2)CC1)N1CCN(S(=O)(=O)C2=Cc3ccc(Cl)cc3OC2)CC1=O. The van der Waals surface area contributed by atoms with Gasteiger partial charge in [0.2, 0.25) is 16.4 Å². The molecule has 0 radical (unpaired) electrons. The van der Waals surface area contributed by atoms with Crippen molar-refractivity contribution in [2.24, 2.45) is 0 Å². The molecule has 5 rings (SSSR count). The van der Waals surface area contributed by atoms with Crippen molar-refractivity contribution in [1.82, 2.24) is 19.3 Å². The number of rotatable bonds is 6. The zero-order valence-corrected chi connectivity index (χ0v) is 21.1. The number of halogens is 1. The van der Waals surface area contributed by atoms with E-state index in [4.69, 9.17) is 16.3 Å². The lowest BCUT2D eigenvalue weighted by atomic mass is 10.0. The van der Waals surface area contributed by atoms with E-state index in [0.29, 0.717) is 35.6 Å². The zero-order valence-electron chi connectivity index (χ0n) is 19.5. The topological polar surface area (TPSA) is 103 Å². The van der Waals surface area contributed by atoms with E-state index in [9.17, 15) is 18.0 Å². The van der Waals surface area contributed by atoms with Gasteiger partial charge in [0, 0.05) is 48.3 Å². The Kier molecular flexibility index (Phi) is 6.87. The fourth-order valence-corrected chi connectivity index (χ4v) is 6.39. The van der Waals surface area contributed by atoms with Gasteiger partial charge in [0.05, 0.1) is 24.0 Å². The average molecular weight is 532 g/mol. The van der Waals surface area contributed by atoms with E-state index < -0.39 is 15.9 Å². The Balaban J connectivity index is 1.24. The molecule has 2 aromatic rings. The minimum absolute atomic E-state index is 0.0781. The molecule has 0 spiro atoms. The summed E-state index contributed by atoms with van der Waals surface area (Å²) in [5.41, 5.74) is 1.68. The molecule has 3 aliphatic rings. The molecule has 0 bridgehead atoms. The van der Waals surface area contributed by atoms with Crippen molar-refractivity contribution in [3.05, 3.63) is 58.2 Å². The van der Waals surface area contributed by atoms with Crippen LogP contribution in [0.5, 0.6) is 5.75 Å². The van der Waals surface area contributed by atoms with Gasteiger partial charge in [-0.3, -0.25) is 19.6 Å². The highest BCUT2D eigenvalue weighted by Crippen LogP contribution is 2.32.